The third kappa shape index (κ3) is 7.50. The summed E-state index contributed by atoms with van der Waals surface area (Å²) in [5, 5.41) is 65.8. The van der Waals surface area contributed by atoms with Gasteiger partial charge in [0.1, 0.15) is 18.3 Å². The monoisotopic (exact) mass is 722 g/mol. The molecule has 5 rings (SSSR count). The molecule has 1 saturated heterocycles. The van der Waals surface area contributed by atoms with Gasteiger partial charge in [-0.25, -0.2) is 4.18 Å². The molecular formula is C35H62O13S. The van der Waals surface area contributed by atoms with Crippen LogP contribution in [0.1, 0.15) is 86.0 Å². The molecular weight excluding hydrogens is 660 g/mol. The number of rotatable bonds is 12. The summed E-state index contributed by atoms with van der Waals surface area (Å²) < 4.78 is 55.6. The Morgan fingerprint density at radius 3 is 2.12 bits per heavy atom. The van der Waals surface area contributed by atoms with Gasteiger partial charge in [-0.05, 0) is 97.2 Å². The van der Waals surface area contributed by atoms with Crippen LogP contribution in [-0.4, -0.2) is 119 Å². The highest BCUT2D eigenvalue weighted by Crippen LogP contribution is 2.68. The van der Waals surface area contributed by atoms with E-state index in [1.54, 1.807) is 0 Å². The molecule has 5 fully saturated rings. The van der Waals surface area contributed by atoms with Crippen LogP contribution in [0, 0.1) is 58.2 Å². The lowest BCUT2D eigenvalue weighted by atomic mass is 9.43. The lowest BCUT2D eigenvalue weighted by Crippen LogP contribution is -2.64. The quantitative estimate of drug-likeness (QED) is 0.144. The molecule has 0 spiro atoms. The third-order valence-electron chi connectivity index (χ3n) is 14.1. The van der Waals surface area contributed by atoms with Gasteiger partial charge in [-0.15, -0.1) is 0 Å². The molecule has 18 atom stereocenters. The minimum atomic E-state index is -4.86. The van der Waals surface area contributed by atoms with E-state index in [0.29, 0.717) is 25.4 Å². The van der Waals surface area contributed by atoms with E-state index in [1.807, 2.05) is 6.92 Å². The topological polar surface area (TPSA) is 213 Å². The van der Waals surface area contributed by atoms with Crippen molar-refractivity contribution in [3.8, 4) is 0 Å². The molecule has 1 heterocycles. The minimum absolute atomic E-state index is 0.00774. The van der Waals surface area contributed by atoms with Crippen LogP contribution >= 0.6 is 0 Å². The zero-order chi connectivity index (χ0) is 36.2. The number of aliphatic hydroxyl groups is 6. The molecule has 1 aliphatic heterocycles. The first-order valence-corrected chi connectivity index (χ1v) is 19.7. The standard InChI is InChI=1S/C35H62O13S/c1-17(2)19(11-14-46-33-32(41)29(38)24(45-6)16-47-33)8-7-18(3)25-30(39)31(40)26-20-15-23(48-49(42,43)44)27-28(37)22(36)10-13-34(27,4)21(20)9-12-35(25,26)5/h17-33,36-41H,7-16H2,1-6H3,(H,42,43,44)/t18-,19-,20-,21?,22+,23+,24-,25+,26?,27?,28+,29+,30-,31+,32-,33-,34-,35-/m1/s1. The molecule has 7 N–H and O–H groups in total. The van der Waals surface area contributed by atoms with Crippen molar-refractivity contribution in [1.82, 2.24) is 0 Å². The first kappa shape index (κ1) is 39.7. The Morgan fingerprint density at radius 1 is 0.816 bits per heavy atom. The van der Waals surface area contributed by atoms with E-state index in [9.17, 15) is 43.6 Å². The normalized spacial score (nSPS) is 48.4. The molecule has 4 saturated carbocycles. The summed E-state index contributed by atoms with van der Waals surface area (Å²) in [7, 11) is -3.41. The van der Waals surface area contributed by atoms with Gasteiger partial charge in [-0.2, -0.15) is 8.42 Å². The van der Waals surface area contributed by atoms with Crippen molar-refractivity contribution in [2.24, 2.45) is 58.2 Å². The van der Waals surface area contributed by atoms with Gasteiger partial charge in [0.25, 0.3) is 0 Å². The van der Waals surface area contributed by atoms with Crippen LogP contribution in [0.4, 0.5) is 0 Å². The summed E-state index contributed by atoms with van der Waals surface area (Å²) >= 11 is 0. The van der Waals surface area contributed by atoms with Gasteiger partial charge in [0, 0.05) is 13.0 Å². The van der Waals surface area contributed by atoms with E-state index in [2.05, 4.69) is 27.7 Å². The van der Waals surface area contributed by atoms with Gasteiger partial charge < -0.3 is 44.8 Å². The van der Waals surface area contributed by atoms with Crippen LogP contribution in [0.5, 0.6) is 0 Å². The van der Waals surface area contributed by atoms with Gasteiger partial charge >= 0.3 is 10.4 Å². The molecule has 4 aliphatic carbocycles. The lowest BCUT2D eigenvalue weighted by Gasteiger charge is -2.63. The van der Waals surface area contributed by atoms with Crippen molar-refractivity contribution >= 4 is 10.4 Å². The summed E-state index contributed by atoms with van der Waals surface area (Å²) in [5.74, 6) is -0.778. The zero-order valence-electron chi connectivity index (χ0n) is 29.9. The molecule has 0 amide bonds. The number of hydrogen-bond donors (Lipinski definition) is 7. The van der Waals surface area contributed by atoms with Crippen LogP contribution in [0.2, 0.25) is 0 Å². The van der Waals surface area contributed by atoms with Crippen molar-refractivity contribution in [3.63, 3.8) is 0 Å². The van der Waals surface area contributed by atoms with E-state index in [0.717, 1.165) is 32.1 Å². The second-order valence-corrected chi connectivity index (χ2v) is 18.0. The van der Waals surface area contributed by atoms with Crippen LogP contribution in [0.3, 0.4) is 0 Å². The molecule has 3 unspecified atom stereocenters. The predicted molar refractivity (Wildman–Crippen MR) is 177 cm³/mol. The van der Waals surface area contributed by atoms with E-state index < -0.39 is 82.3 Å². The molecule has 5 aliphatic rings. The highest BCUT2D eigenvalue weighted by atomic mass is 32.3. The summed E-state index contributed by atoms with van der Waals surface area (Å²) in [4.78, 5) is 0. The SMILES string of the molecule is CO[C@@H]1CO[C@@H](OCC[C@@H](CC[C@@H](C)[C@H]2[C@@H](O)[C@@H](O)C3[C@@H]4C[C@H](OS(=O)(=O)O)C5[C@@H](O)[C@@H](O)CC[C@]5(C)C4CC[C@@]32C)C(C)C)[C@H](O)[C@H]1O. The summed E-state index contributed by atoms with van der Waals surface area (Å²) in [5.41, 5.74) is -1.04. The highest BCUT2D eigenvalue weighted by molar-refractivity contribution is 7.80. The highest BCUT2D eigenvalue weighted by Gasteiger charge is 2.68. The molecule has 0 aromatic carbocycles. The number of ether oxygens (including phenoxy) is 3. The maximum absolute atomic E-state index is 12.0. The van der Waals surface area contributed by atoms with Crippen LogP contribution < -0.4 is 0 Å². The Bertz CT molecular complexity index is 1220. The van der Waals surface area contributed by atoms with E-state index >= 15 is 0 Å². The summed E-state index contributed by atoms with van der Waals surface area (Å²) in [6.07, 6.45) is -4.16. The lowest BCUT2D eigenvalue weighted by molar-refractivity contribution is -0.274. The number of fused-ring (bicyclic) bond motifs is 5. The number of methoxy groups -OCH3 is 1. The van der Waals surface area contributed by atoms with Crippen molar-refractivity contribution in [1.29, 1.82) is 0 Å². The Kier molecular flexibility index (Phi) is 12.2. The van der Waals surface area contributed by atoms with E-state index in [1.165, 1.54) is 7.11 Å². The molecule has 0 bridgehead atoms. The molecule has 286 valence electrons. The molecule has 0 aromatic rings. The van der Waals surface area contributed by atoms with Crippen LogP contribution in [-0.2, 0) is 28.8 Å². The van der Waals surface area contributed by atoms with Gasteiger partial charge in [-0.1, -0.05) is 41.0 Å². The first-order chi connectivity index (χ1) is 22.9. The molecule has 13 nitrogen and oxygen atoms in total. The number of hydrogen-bond acceptors (Lipinski definition) is 12. The molecule has 0 radical (unpaired) electrons. The van der Waals surface area contributed by atoms with Gasteiger partial charge in [0.15, 0.2) is 6.29 Å². The van der Waals surface area contributed by atoms with Gasteiger partial charge in [0.2, 0.25) is 0 Å². The average molecular weight is 723 g/mol. The van der Waals surface area contributed by atoms with Crippen LogP contribution in [0.25, 0.3) is 0 Å². The Hall–Kier alpha value is -0.490. The largest absolute Gasteiger partial charge is 0.397 e. The molecule has 49 heavy (non-hydrogen) atoms. The second-order valence-electron chi connectivity index (χ2n) is 16.9. The van der Waals surface area contributed by atoms with Crippen LogP contribution in [0.15, 0.2) is 0 Å². The van der Waals surface area contributed by atoms with Gasteiger partial charge in [-0.3, -0.25) is 4.55 Å². The fourth-order valence-corrected chi connectivity index (χ4v) is 12.2. The third-order valence-corrected chi connectivity index (χ3v) is 14.6. The zero-order valence-corrected chi connectivity index (χ0v) is 30.7. The van der Waals surface area contributed by atoms with Crippen molar-refractivity contribution in [2.75, 3.05) is 20.3 Å². The summed E-state index contributed by atoms with van der Waals surface area (Å²) in [6.45, 7) is 11.1. The Balaban J connectivity index is 1.27. The Morgan fingerprint density at radius 2 is 1.49 bits per heavy atom. The minimum Gasteiger partial charge on any atom is -0.390 e. The fourth-order valence-electron chi connectivity index (χ4n) is 11.6. The fraction of sp³-hybridized carbons (Fsp3) is 1.00. The molecule has 14 heteroatoms. The number of aliphatic hydroxyl groups excluding tert-OH is 6. The van der Waals surface area contributed by atoms with Crippen molar-refractivity contribution in [3.05, 3.63) is 0 Å². The van der Waals surface area contributed by atoms with Crippen molar-refractivity contribution < 1.29 is 62.0 Å². The maximum atomic E-state index is 12.0. The van der Waals surface area contributed by atoms with E-state index in [-0.39, 0.29) is 48.5 Å². The van der Waals surface area contributed by atoms with Crippen molar-refractivity contribution in [2.45, 2.75) is 141 Å². The molecule has 0 aromatic heterocycles. The van der Waals surface area contributed by atoms with Gasteiger partial charge in [0.05, 0.1) is 43.7 Å². The first-order valence-electron chi connectivity index (χ1n) is 18.4. The average Bonchev–Trinajstić information content (AvgIpc) is 3.22. The second kappa shape index (κ2) is 15.1. The van der Waals surface area contributed by atoms with E-state index in [4.69, 9.17) is 18.4 Å². The Labute approximate surface area is 291 Å². The smallest absolute Gasteiger partial charge is 0.390 e. The maximum Gasteiger partial charge on any atom is 0.397 e. The predicted octanol–water partition coefficient (Wildman–Crippen LogP) is 1.90. The summed E-state index contributed by atoms with van der Waals surface area (Å²) in [6, 6.07) is 0.